The smallest absolute Gasteiger partial charge is 0.272 e. The minimum Gasteiger partial charge on any atom is -0.354 e. The third-order valence-electron chi connectivity index (χ3n) is 3.08. The second-order valence-corrected chi connectivity index (χ2v) is 4.23. The number of nitrogens with zero attached hydrogens (tertiary/aromatic N) is 1. The van der Waals surface area contributed by atoms with Gasteiger partial charge in [-0.05, 0) is 36.5 Å². The maximum absolute atomic E-state index is 11.6. The summed E-state index contributed by atoms with van der Waals surface area (Å²) in [5.74, 6) is 0.552. The van der Waals surface area contributed by atoms with Crippen molar-refractivity contribution in [3.63, 3.8) is 0 Å². The van der Waals surface area contributed by atoms with Crippen LogP contribution in [-0.4, -0.2) is 23.2 Å². The van der Waals surface area contributed by atoms with Crippen molar-refractivity contribution in [2.45, 2.75) is 18.8 Å². The maximum Gasteiger partial charge on any atom is 0.272 e. The number of hydrogen-bond donors (Lipinski definition) is 2. The lowest BCUT2D eigenvalue weighted by Gasteiger charge is -1.99. The van der Waals surface area contributed by atoms with Gasteiger partial charge in [-0.2, -0.15) is 5.10 Å². The molecule has 1 aromatic heterocycles. The van der Waals surface area contributed by atoms with Crippen molar-refractivity contribution in [1.82, 2.24) is 15.5 Å². The Hall–Kier alpha value is -1.84. The first-order valence-electron chi connectivity index (χ1n) is 5.49. The van der Waals surface area contributed by atoms with Crippen LogP contribution in [0.3, 0.4) is 0 Å². The number of fused-ring (bicyclic) bond motifs is 1. The zero-order valence-electron chi connectivity index (χ0n) is 9.08. The molecule has 1 fully saturated rings. The number of rotatable bonds is 2. The van der Waals surface area contributed by atoms with E-state index in [2.05, 4.69) is 27.6 Å². The van der Waals surface area contributed by atoms with Crippen LogP contribution in [0, 0.1) is 0 Å². The molecule has 4 nitrogen and oxygen atoms in total. The van der Waals surface area contributed by atoms with Gasteiger partial charge < -0.3 is 5.32 Å². The van der Waals surface area contributed by atoms with E-state index in [0.717, 1.165) is 10.9 Å². The maximum atomic E-state index is 11.6. The number of benzene rings is 1. The van der Waals surface area contributed by atoms with Crippen LogP contribution in [0.2, 0.25) is 0 Å². The van der Waals surface area contributed by atoms with Gasteiger partial charge in [-0.3, -0.25) is 9.89 Å². The fourth-order valence-corrected chi connectivity index (χ4v) is 1.99. The van der Waals surface area contributed by atoms with Crippen molar-refractivity contribution in [2.75, 3.05) is 7.05 Å². The summed E-state index contributed by atoms with van der Waals surface area (Å²) in [6.07, 6.45) is 2.53. The van der Waals surface area contributed by atoms with E-state index in [-0.39, 0.29) is 5.91 Å². The van der Waals surface area contributed by atoms with Gasteiger partial charge in [0.2, 0.25) is 0 Å². The van der Waals surface area contributed by atoms with E-state index >= 15 is 0 Å². The Morgan fingerprint density at radius 2 is 2.31 bits per heavy atom. The van der Waals surface area contributed by atoms with E-state index in [1.807, 2.05) is 6.07 Å². The molecule has 4 heteroatoms. The number of aromatic nitrogens is 2. The zero-order valence-corrected chi connectivity index (χ0v) is 9.08. The average Bonchev–Trinajstić information content (AvgIpc) is 3.08. The van der Waals surface area contributed by atoms with E-state index in [4.69, 9.17) is 0 Å². The zero-order chi connectivity index (χ0) is 11.1. The first-order chi connectivity index (χ1) is 7.79. The predicted octanol–water partition coefficient (Wildman–Crippen LogP) is 1.80. The summed E-state index contributed by atoms with van der Waals surface area (Å²) < 4.78 is 0. The lowest BCUT2D eigenvalue weighted by molar-refractivity contribution is 0.0959. The Kier molecular flexibility index (Phi) is 1.96. The summed E-state index contributed by atoms with van der Waals surface area (Å²) in [7, 11) is 1.62. The SMILES string of the molecule is CNC(=O)c1n[nH]c2ccc(C3CC3)cc12. The van der Waals surface area contributed by atoms with Gasteiger partial charge in [0.25, 0.3) is 5.91 Å². The molecule has 0 radical (unpaired) electrons. The molecule has 2 N–H and O–H groups in total. The molecule has 2 aromatic rings. The van der Waals surface area contributed by atoms with Gasteiger partial charge in [-0.25, -0.2) is 0 Å². The average molecular weight is 215 g/mol. The highest BCUT2D eigenvalue weighted by Gasteiger charge is 2.24. The molecule has 0 aliphatic heterocycles. The molecule has 16 heavy (non-hydrogen) atoms. The van der Waals surface area contributed by atoms with Crippen LogP contribution in [0.5, 0.6) is 0 Å². The largest absolute Gasteiger partial charge is 0.354 e. The van der Waals surface area contributed by atoms with Gasteiger partial charge in [0, 0.05) is 12.4 Å². The summed E-state index contributed by atoms with van der Waals surface area (Å²) in [6.45, 7) is 0. The predicted molar refractivity (Wildman–Crippen MR) is 61.5 cm³/mol. The molecule has 3 rings (SSSR count). The molecule has 0 spiro atoms. The van der Waals surface area contributed by atoms with Crippen LogP contribution >= 0.6 is 0 Å². The van der Waals surface area contributed by atoms with Gasteiger partial charge >= 0.3 is 0 Å². The fraction of sp³-hybridized carbons (Fsp3) is 0.333. The molecule has 82 valence electrons. The second-order valence-electron chi connectivity index (χ2n) is 4.23. The van der Waals surface area contributed by atoms with Crippen molar-refractivity contribution < 1.29 is 4.79 Å². The summed E-state index contributed by atoms with van der Waals surface area (Å²) in [4.78, 5) is 11.6. The number of nitrogens with one attached hydrogen (secondary N) is 2. The van der Waals surface area contributed by atoms with Crippen LogP contribution in [0.4, 0.5) is 0 Å². The lowest BCUT2D eigenvalue weighted by atomic mass is 10.1. The molecule has 1 aliphatic rings. The first-order valence-corrected chi connectivity index (χ1v) is 5.49. The first kappa shape index (κ1) is 9.39. The minimum atomic E-state index is -0.140. The Labute approximate surface area is 93.0 Å². The van der Waals surface area contributed by atoms with Crippen LogP contribution in [0.1, 0.15) is 34.8 Å². The highest BCUT2D eigenvalue weighted by molar-refractivity contribution is 6.04. The topological polar surface area (TPSA) is 57.8 Å². The highest BCUT2D eigenvalue weighted by Crippen LogP contribution is 2.40. The molecule has 0 unspecified atom stereocenters. The van der Waals surface area contributed by atoms with Gasteiger partial charge in [0.05, 0.1) is 5.52 Å². The van der Waals surface area contributed by atoms with Crippen LogP contribution in [0.25, 0.3) is 10.9 Å². The van der Waals surface area contributed by atoms with E-state index in [9.17, 15) is 4.79 Å². The molecule has 1 heterocycles. The number of carbonyl (C=O) groups excluding carboxylic acids is 1. The molecular weight excluding hydrogens is 202 g/mol. The van der Waals surface area contributed by atoms with Gasteiger partial charge in [0.15, 0.2) is 5.69 Å². The summed E-state index contributed by atoms with van der Waals surface area (Å²) >= 11 is 0. The highest BCUT2D eigenvalue weighted by atomic mass is 16.1. The number of carbonyl (C=O) groups is 1. The molecular formula is C12H13N3O. The molecule has 1 aliphatic carbocycles. The normalized spacial score (nSPS) is 15.3. The van der Waals surface area contributed by atoms with E-state index in [0.29, 0.717) is 11.6 Å². The Bertz CT molecular complexity index is 554. The van der Waals surface area contributed by atoms with Crippen LogP contribution in [-0.2, 0) is 0 Å². The van der Waals surface area contributed by atoms with Crippen molar-refractivity contribution in [1.29, 1.82) is 0 Å². The van der Waals surface area contributed by atoms with Crippen molar-refractivity contribution in [3.05, 3.63) is 29.5 Å². The van der Waals surface area contributed by atoms with Crippen molar-refractivity contribution >= 4 is 16.8 Å². The van der Waals surface area contributed by atoms with E-state index in [1.165, 1.54) is 18.4 Å². The van der Waals surface area contributed by atoms with Gasteiger partial charge in [0.1, 0.15) is 0 Å². The summed E-state index contributed by atoms with van der Waals surface area (Å²) in [5.41, 5.74) is 2.72. The van der Waals surface area contributed by atoms with Gasteiger partial charge in [-0.15, -0.1) is 0 Å². The molecule has 1 amide bonds. The van der Waals surface area contributed by atoms with Gasteiger partial charge in [-0.1, -0.05) is 6.07 Å². The second kappa shape index (κ2) is 3.33. The third kappa shape index (κ3) is 1.38. The molecule has 0 bridgehead atoms. The monoisotopic (exact) mass is 215 g/mol. The molecule has 1 saturated carbocycles. The Balaban J connectivity index is 2.14. The number of aromatic amines is 1. The summed E-state index contributed by atoms with van der Waals surface area (Å²) in [5, 5.41) is 10.5. The van der Waals surface area contributed by atoms with E-state index < -0.39 is 0 Å². The number of amides is 1. The lowest BCUT2D eigenvalue weighted by Crippen LogP contribution is -2.18. The number of hydrogen-bond acceptors (Lipinski definition) is 2. The molecule has 0 atom stereocenters. The van der Waals surface area contributed by atoms with E-state index in [1.54, 1.807) is 7.05 Å². The standard InChI is InChI=1S/C12H13N3O/c1-13-12(16)11-9-6-8(7-2-3-7)4-5-10(9)14-15-11/h4-7H,2-3H2,1H3,(H,13,16)(H,14,15). The third-order valence-corrected chi connectivity index (χ3v) is 3.08. The molecule has 1 aromatic carbocycles. The van der Waals surface area contributed by atoms with Crippen LogP contribution < -0.4 is 5.32 Å². The fourth-order valence-electron chi connectivity index (χ4n) is 1.99. The molecule has 0 saturated heterocycles. The van der Waals surface area contributed by atoms with Crippen LogP contribution in [0.15, 0.2) is 18.2 Å². The van der Waals surface area contributed by atoms with Crippen molar-refractivity contribution in [3.8, 4) is 0 Å². The Morgan fingerprint density at radius 3 is 3.00 bits per heavy atom. The minimum absolute atomic E-state index is 0.140. The quantitative estimate of drug-likeness (QED) is 0.802. The summed E-state index contributed by atoms with van der Waals surface area (Å²) in [6, 6.07) is 6.20. The number of H-pyrrole nitrogens is 1. The Morgan fingerprint density at radius 1 is 1.50 bits per heavy atom. The van der Waals surface area contributed by atoms with Crippen molar-refractivity contribution in [2.24, 2.45) is 0 Å².